The van der Waals surface area contributed by atoms with E-state index in [1.54, 1.807) is 6.26 Å². The molecule has 0 radical (unpaired) electrons. The highest BCUT2D eigenvalue weighted by molar-refractivity contribution is 9.10. The van der Waals surface area contributed by atoms with E-state index in [-0.39, 0.29) is 6.04 Å². The molecule has 0 fully saturated rings. The van der Waals surface area contributed by atoms with Gasteiger partial charge in [-0.25, -0.2) is 0 Å². The standard InChI is InChI=1S/C12H21BrN2O/c1-9(2)15(4)7-6-14-10(3)12-11(13)5-8-16-12/h5,8-10,14H,6-7H2,1-4H3. The lowest BCUT2D eigenvalue weighted by atomic mass is 10.2. The maximum Gasteiger partial charge on any atom is 0.134 e. The first-order valence-corrected chi connectivity index (χ1v) is 6.48. The van der Waals surface area contributed by atoms with Gasteiger partial charge in [-0.05, 0) is 49.8 Å². The van der Waals surface area contributed by atoms with Gasteiger partial charge in [0.15, 0.2) is 0 Å². The Kier molecular flexibility index (Phi) is 5.52. The molecule has 4 heteroatoms. The van der Waals surface area contributed by atoms with Crippen molar-refractivity contribution in [3.63, 3.8) is 0 Å². The lowest BCUT2D eigenvalue weighted by Gasteiger charge is -2.22. The summed E-state index contributed by atoms with van der Waals surface area (Å²) in [7, 11) is 2.14. The van der Waals surface area contributed by atoms with Gasteiger partial charge in [0.05, 0.1) is 16.8 Å². The number of nitrogens with zero attached hydrogens (tertiary/aromatic N) is 1. The van der Waals surface area contributed by atoms with E-state index in [4.69, 9.17) is 4.42 Å². The number of hydrogen-bond donors (Lipinski definition) is 1. The summed E-state index contributed by atoms with van der Waals surface area (Å²) in [6.07, 6.45) is 1.71. The van der Waals surface area contributed by atoms with Crippen molar-refractivity contribution in [2.24, 2.45) is 0 Å². The van der Waals surface area contributed by atoms with E-state index in [1.807, 2.05) is 6.07 Å². The highest BCUT2D eigenvalue weighted by atomic mass is 79.9. The molecule has 0 spiro atoms. The molecule has 1 unspecified atom stereocenters. The van der Waals surface area contributed by atoms with Crippen LogP contribution in [0.2, 0.25) is 0 Å². The van der Waals surface area contributed by atoms with Gasteiger partial charge in [-0.3, -0.25) is 0 Å². The SMILES string of the molecule is CC(NCCN(C)C(C)C)c1occc1Br. The number of nitrogens with one attached hydrogen (secondary N) is 1. The summed E-state index contributed by atoms with van der Waals surface area (Å²) in [6.45, 7) is 8.52. The molecule has 1 N–H and O–H groups in total. The molecule has 0 aliphatic carbocycles. The topological polar surface area (TPSA) is 28.4 Å². The minimum atomic E-state index is 0.241. The van der Waals surface area contributed by atoms with Gasteiger partial charge in [0.25, 0.3) is 0 Å². The summed E-state index contributed by atoms with van der Waals surface area (Å²) in [5, 5.41) is 3.45. The first kappa shape index (κ1) is 13.7. The zero-order valence-electron chi connectivity index (χ0n) is 10.5. The molecule has 16 heavy (non-hydrogen) atoms. The van der Waals surface area contributed by atoms with E-state index >= 15 is 0 Å². The zero-order chi connectivity index (χ0) is 12.1. The molecule has 0 aliphatic heterocycles. The Balaban J connectivity index is 2.31. The van der Waals surface area contributed by atoms with Gasteiger partial charge >= 0.3 is 0 Å². The normalized spacial score (nSPS) is 13.7. The predicted octanol–water partition coefficient (Wildman–Crippen LogP) is 3.03. The van der Waals surface area contributed by atoms with Gasteiger partial charge in [0.2, 0.25) is 0 Å². The fraction of sp³-hybridized carbons (Fsp3) is 0.667. The van der Waals surface area contributed by atoms with Gasteiger partial charge in [0, 0.05) is 19.1 Å². The molecule has 1 aromatic rings. The van der Waals surface area contributed by atoms with Gasteiger partial charge in [-0.2, -0.15) is 0 Å². The van der Waals surface area contributed by atoms with Gasteiger partial charge in [0.1, 0.15) is 5.76 Å². The number of likely N-dealkylation sites (N-methyl/N-ethyl adjacent to an activating group) is 1. The van der Waals surface area contributed by atoms with Gasteiger partial charge in [-0.1, -0.05) is 0 Å². The largest absolute Gasteiger partial charge is 0.466 e. The predicted molar refractivity (Wildman–Crippen MR) is 70.6 cm³/mol. The minimum Gasteiger partial charge on any atom is -0.466 e. The number of halogens is 1. The Bertz CT molecular complexity index is 312. The summed E-state index contributed by atoms with van der Waals surface area (Å²) < 4.78 is 6.44. The molecule has 0 aliphatic rings. The van der Waals surface area contributed by atoms with E-state index < -0.39 is 0 Å². The molecule has 1 heterocycles. The van der Waals surface area contributed by atoms with Crippen molar-refractivity contribution < 1.29 is 4.42 Å². The molecular formula is C12H21BrN2O. The van der Waals surface area contributed by atoms with Crippen LogP contribution in [0.1, 0.15) is 32.6 Å². The van der Waals surface area contributed by atoms with Crippen LogP contribution in [-0.2, 0) is 0 Å². The summed E-state index contributed by atoms with van der Waals surface area (Å²) in [5.74, 6) is 0.965. The Morgan fingerprint density at radius 1 is 1.44 bits per heavy atom. The summed E-state index contributed by atoms with van der Waals surface area (Å²) in [4.78, 5) is 2.32. The van der Waals surface area contributed by atoms with E-state index in [2.05, 4.69) is 54.0 Å². The Labute approximate surface area is 106 Å². The van der Waals surface area contributed by atoms with Crippen molar-refractivity contribution in [2.75, 3.05) is 20.1 Å². The van der Waals surface area contributed by atoms with Crippen molar-refractivity contribution in [1.82, 2.24) is 10.2 Å². The molecule has 0 saturated heterocycles. The van der Waals surface area contributed by atoms with E-state index in [0.717, 1.165) is 23.3 Å². The van der Waals surface area contributed by atoms with Crippen LogP contribution in [0, 0.1) is 0 Å². The average Bonchev–Trinajstić information content (AvgIpc) is 2.64. The van der Waals surface area contributed by atoms with Crippen LogP contribution in [0.15, 0.2) is 21.2 Å². The van der Waals surface area contributed by atoms with E-state index in [1.165, 1.54) is 0 Å². The second kappa shape index (κ2) is 6.42. The third-order valence-corrected chi connectivity index (χ3v) is 3.49. The van der Waals surface area contributed by atoms with E-state index in [9.17, 15) is 0 Å². The number of hydrogen-bond acceptors (Lipinski definition) is 3. The quantitative estimate of drug-likeness (QED) is 0.872. The molecular weight excluding hydrogens is 268 g/mol. The molecule has 1 rings (SSSR count). The smallest absolute Gasteiger partial charge is 0.134 e. The number of rotatable bonds is 6. The van der Waals surface area contributed by atoms with Crippen LogP contribution >= 0.6 is 15.9 Å². The van der Waals surface area contributed by atoms with Crippen LogP contribution in [0.5, 0.6) is 0 Å². The zero-order valence-corrected chi connectivity index (χ0v) is 12.0. The van der Waals surface area contributed by atoms with Crippen LogP contribution in [0.4, 0.5) is 0 Å². The Morgan fingerprint density at radius 2 is 2.12 bits per heavy atom. The van der Waals surface area contributed by atoms with Crippen molar-refractivity contribution in [2.45, 2.75) is 32.9 Å². The highest BCUT2D eigenvalue weighted by Crippen LogP contribution is 2.23. The molecule has 92 valence electrons. The van der Waals surface area contributed by atoms with E-state index in [0.29, 0.717) is 6.04 Å². The van der Waals surface area contributed by atoms with Gasteiger partial charge < -0.3 is 14.6 Å². The third-order valence-electron chi connectivity index (χ3n) is 2.83. The van der Waals surface area contributed by atoms with Gasteiger partial charge in [-0.15, -0.1) is 0 Å². The number of furan rings is 1. The molecule has 0 saturated carbocycles. The average molecular weight is 289 g/mol. The first-order chi connectivity index (χ1) is 7.52. The first-order valence-electron chi connectivity index (χ1n) is 5.69. The monoisotopic (exact) mass is 288 g/mol. The van der Waals surface area contributed by atoms with Crippen LogP contribution in [0.25, 0.3) is 0 Å². The molecule has 0 aromatic carbocycles. The lowest BCUT2D eigenvalue weighted by molar-refractivity contribution is 0.267. The molecule has 1 atom stereocenters. The Morgan fingerprint density at radius 3 is 2.62 bits per heavy atom. The summed E-state index contributed by atoms with van der Waals surface area (Å²) in [6, 6.07) is 2.76. The second-order valence-corrected chi connectivity index (χ2v) is 5.24. The fourth-order valence-corrected chi connectivity index (χ4v) is 1.97. The second-order valence-electron chi connectivity index (χ2n) is 4.38. The fourth-order valence-electron chi connectivity index (χ4n) is 1.42. The van der Waals surface area contributed by atoms with Crippen LogP contribution in [-0.4, -0.2) is 31.1 Å². The maximum atomic E-state index is 5.41. The van der Waals surface area contributed by atoms with Crippen LogP contribution < -0.4 is 5.32 Å². The molecule has 1 aromatic heterocycles. The molecule has 0 amide bonds. The Hall–Kier alpha value is -0.320. The minimum absolute atomic E-state index is 0.241. The lowest BCUT2D eigenvalue weighted by Crippen LogP contribution is -2.34. The summed E-state index contributed by atoms with van der Waals surface area (Å²) in [5.41, 5.74) is 0. The van der Waals surface area contributed by atoms with Crippen molar-refractivity contribution in [3.8, 4) is 0 Å². The van der Waals surface area contributed by atoms with Crippen molar-refractivity contribution >= 4 is 15.9 Å². The maximum absolute atomic E-state index is 5.41. The molecule has 0 bridgehead atoms. The molecule has 3 nitrogen and oxygen atoms in total. The van der Waals surface area contributed by atoms with Crippen molar-refractivity contribution in [1.29, 1.82) is 0 Å². The third kappa shape index (κ3) is 3.92. The highest BCUT2D eigenvalue weighted by Gasteiger charge is 2.12. The summed E-state index contributed by atoms with van der Waals surface area (Å²) >= 11 is 3.47. The van der Waals surface area contributed by atoms with Crippen LogP contribution in [0.3, 0.4) is 0 Å². The van der Waals surface area contributed by atoms with Crippen molar-refractivity contribution in [3.05, 3.63) is 22.6 Å².